The number of rotatable bonds is 4. The second-order valence-electron chi connectivity index (χ2n) is 6.05. The molecule has 1 saturated carbocycles. The summed E-state index contributed by atoms with van der Waals surface area (Å²) in [4.78, 5) is 14.3. The highest BCUT2D eigenvalue weighted by molar-refractivity contribution is 5.82. The Bertz CT molecular complexity index is 327. The molecule has 0 spiro atoms. The first-order chi connectivity index (χ1) is 8.98. The number of nitrogens with zero attached hydrogens (tertiary/aromatic N) is 1. The summed E-state index contributed by atoms with van der Waals surface area (Å²) in [5.41, 5.74) is 0.0238. The number of ether oxygens (including phenoxy) is 2. The average Bonchev–Trinajstić information content (AvgIpc) is 2.42. The number of amides is 1. The first-order valence-corrected chi connectivity index (χ1v) is 7.17. The Kier molecular flexibility index (Phi) is 4.48. The van der Waals surface area contributed by atoms with E-state index in [1.807, 2.05) is 18.9 Å². The van der Waals surface area contributed by atoms with E-state index in [1.165, 1.54) is 0 Å². The minimum Gasteiger partial charge on any atom is -0.378 e. The topological polar surface area (TPSA) is 50.8 Å². The van der Waals surface area contributed by atoms with Crippen LogP contribution in [-0.4, -0.2) is 62.4 Å². The van der Waals surface area contributed by atoms with Gasteiger partial charge < -0.3 is 19.7 Å². The van der Waals surface area contributed by atoms with Crippen molar-refractivity contribution in [1.29, 1.82) is 0 Å². The summed E-state index contributed by atoms with van der Waals surface area (Å²) in [6.07, 6.45) is 1.18. The van der Waals surface area contributed by atoms with Gasteiger partial charge in [-0.3, -0.25) is 4.79 Å². The molecule has 0 aromatic rings. The zero-order chi connectivity index (χ0) is 14.0. The van der Waals surface area contributed by atoms with Crippen LogP contribution in [0.2, 0.25) is 0 Å². The number of hydrogen-bond donors (Lipinski definition) is 1. The lowest BCUT2D eigenvalue weighted by atomic mass is 9.63. The molecule has 110 valence electrons. The Morgan fingerprint density at radius 2 is 2.26 bits per heavy atom. The minimum atomic E-state index is -0.194. The van der Waals surface area contributed by atoms with E-state index < -0.39 is 0 Å². The smallest absolute Gasteiger partial charge is 0.242 e. The SMILES string of the molecule is CCOC1CC(N(C)C(=O)C2COCCN2)C1(C)C. The van der Waals surface area contributed by atoms with Crippen LogP contribution in [0.1, 0.15) is 27.2 Å². The molecule has 1 aliphatic heterocycles. The van der Waals surface area contributed by atoms with Crippen molar-refractivity contribution in [3.8, 4) is 0 Å². The van der Waals surface area contributed by atoms with Crippen molar-refractivity contribution in [2.45, 2.75) is 45.4 Å². The summed E-state index contributed by atoms with van der Waals surface area (Å²) in [5, 5.41) is 3.22. The maximum absolute atomic E-state index is 12.4. The van der Waals surface area contributed by atoms with Crippen molar-refractivity contribution in [2.24, 2.45) is 5.41 Å². The fourth-order valence-corrected chi connectivity index (χ4v) is 3.13. The van der Waals surface area contributed by atoms with E-state index in [-0.39, 0.29) is 29.5 Å². The molecule has 0 bridgehead atoms. The van der Waals surface area contributed by atoms with E-state index >= 15 is 0 Å². The molecule has 5 nitrogen and oxygen atoms in total. The molecule has 1 saturated heterocycles. The summed E-state index contributed by atoms with van der Waals surface area (Å²) in [6.45, 7) is 9.02. The number of morpholine rings is 1. The van der Waals surface area contributed by atoms with Gasteiger partial charge in [0.25, 0.3) is 0 Å². The van der Waals surface area contributed by atoms with Gasteiger partial charge in [-0.15, -0.1) is 0 Å². The quantitative estimate of drug-likeness (QED) is 0.814. The molecule has 19 heavy (non-hydrogen) atoms. The van der Waals surface area contributed by atoms with Crippen molar-refractivity contribution in [2.75, 3.05) is 33.4 Å². The third kappa shape index (κ3) is 2.78. The van der Waals surface area contributed by atoms with Gasteiger partial charge in [-0.05, 0) is 13.3 Å². The van der Waals surface area contributed by atoms with E-state index in [2.05, 4.69) is 19.2 Å². The van der Waals surface area contributed by atoms with Crippen LogP contribution in [0.15, 0.2) is 0 Å². The van der Waals surface area contributed by atoms with Gasteiger partial charge in [-0.1, -0.05) is 13.8 Å². The number of hydrogen-bond acceptors (Lipinski definition) is 4. The Morgan fingerprint density at radius 1 is 1.53 bits per heavy atom. The van der Waals surface area contributed by atoms with E-state index in [0.717, 1.165) is 19.6 Å². The molecular weight excluding hydrogens is 244 g/mol. The second kappa shape index (κ2) is 5.77. The highest BCUT2D eigenvalue weighted by atomic mass is 16.5. The molecule has 1 aliphatic carbocycles. The Labute approximate surface area is 115 Å². The first kappa shape index (κ1) is 14.8. The fourth-order valence-electron chi connectivity index (χ4n) is 3.13. The fraction of sp³-hybridized carbons (Fsp3) is 0.929. The zero-order valence-corrected chi connectivity index (χ0v) is 12.4. The zero-order valence-electron chi connectivity index (χ0n) is 12.4. The van der Waals surface area contributed by atoms with Crippen molar-refractivity contribution in [3.05, 3.63) is 0 Å². The number of nitrogens with one attached hydrogen (secondary N) is 1. The van der Waals surface area contributed by atoms with Crippen molar-refractivity contribution in [1.82, 2.24) is 10.2 Å². The van der Waals surface area contributed by atoms with E-state index in [4.69, 9.17) is 9.47 Å². The second-order valence-corrected chi connectivity index (χ2v) is 6.05. The molecule has 0 radical (unpaired) electrons. The van der Waals surface area contributed by atoms with Gasteiger partial charge >= 0.3 is 0 Å². The summed E-state index contributed by atoms with van der Waals surface area (Å²) in [7, 11) is 1.90. The predicted molar refractivity (Wildman–Crippen MR) is 73.0 cm³/mol. The maximum Gasteiger partial charge on any atom is 0.242 e. The Balaban J connectivity index is 1.93. The molecule has 1 amide bonds. The van der Waals surface area contributed by atoms with Gasteiger partial charge in [0, 0.05) is 31.7 Å². The van der Waals surface area contributed by atoms with Crippen LogP contribution < -0.4 is 5.32 Å². The molecule has 3 atom stereocenters. The highest BCUT2D eigenvalue weighted by Gasteiger charge is 2.52. The summed E-state index contributed by atoms with van der Waals surface area (Å²) in [5.74, 6) is 0.132. The third-order valence-corrected chi connectivity index (χ3v) is 4.53. The van der Waals surface area contributed by atoms with Crippen molar-refractivity contribution >= 4 is 5.91 Å². The molecule has 2 rings (SSSR count). The predicted octanol–water partition coefficient (Wildman–Crippen LogP) is 0.637. The molecule has 0 aromatic heterocycles. The molecule has 5 heteroatoms. The first-order valence-electron chi connectivity index (χ1n) is 7.17. The molecule has 2 aliphatic rings. The van der Waals surface area contributed by atoms with E-state index in [0.29, 0.717) is 13.2 Å². The number of likely N-dealkylation sites (N-methyl/N-ethyl adjacent to an activating group) is 1. The monoisotopic (exact) mass is 270 g/mol. The molecule has 3 unspecified atom stereocenters. The molecule has 1 N–H and O–H groups in total. The molecular formula is C14H26N2O3. The van der Waals surface area contributed by atoms with Gasteiger partial charge in [0.05, 0.1) is 19.3 Å². The van der Waals surface area contributed by atoms with Gasteiger partial charge in [-0.2, -0.15) is 0 Å². The Morgan fingerprint density at radius 3 is 2.79 bits per heavy atom. The Hall–Kier alpha value is -0.650. The normalized spacial score (nSPS) is 33.6. The van der Waals surface area contributed by atoms with Crippen LogP contribution in [0, 0.1) is 5.41 Å². The van der Waals surface area contributed by atoms with Crippen LogP contribution in [0.5, 0.6) is 0 Å². The number of carbonyl (C=O) groups is 1. The van der Waals surface area contributed by atoms with Crippen LogP contribution in [-0.2, 0) is 14.3 Å². The van der Waals surface area contributed by atoms with Crippen LogP contribution in [0.3, 0.4) is 0 Å². The minimum absolute atomic E-state index is 0.0238. The van der Waals surface area contributed by atoms with Gasteiger partial charge in [0.15, 0.2) is 0 Å². The van der Waals surface area contributed by atoms with Crippen LogP contribution in [0.4, 0.5) is 0 Å². The standard InChI is InChI=1S/C14H26N2O3/c1-5-19-12-8-11(14(12,2)3)16(4)13(17)10-9-18-7-6-15-10/h10-12,15H,5-9H2,1-4H3. The van der Waals surface area contributed by atoms with Gasteiger partial charge in [-0.25, -0.2) is 0 Å². The lowest BCUT2D eigenvalue weighted by Gasteiger charge is -2.55. The molecule has 2 fully saturated rings. The molecule has 0 aromatic carbocycles. The number of carbonyl (C=O) groups excluding carboxylic acids is 1. The largest absolute Gasteiger partial charge is 0.378 e. The lowest BCUT2D eigenvalue weighted by Crippen LogP contribution is -2.65. The van der Waals surface area contributed by atoms with Gasteiger partial charge in [0.2, 0.25) is 5.91 Å². The van der Waals surface area contributed by atoms with Gasteiger partial charge in [0.1, 0.15) is 6.04 Å². The lowest BCUT2D eigenvalue weighted by molar-refractivity contribution is -0.166. The maximum atomic E-state index is 12.4. The third-order valence-electron chi connectivity index (χ3n) is 4.53. The summed E-state index contributed by atoms with van der Waals surface area (Å²) < 4.78 is 11.1. The average molecular weight is 270 g/mol. The van der Waals surface area contributed by atoms with E-state index in [9.17, 15) is 4.79 Å². The van der Waals surface area contributed by atoms with E-state index in [1.54, 1.807) is 0 Å². The summed E-state index contributed by atoms with van der Waals surface area (Å²) >= 11 is 0. The van der Waals surface area contributed by atoms with Crippen LogP contribution in [0.25, 0.3) is 0 Å². The molecule has 1 heterocycles. The highest BCUT2D eigenvalue weighted by Crippen LogP contribution is 2.45. The van der Waals surface area contributed by atoms with Crippen molar-refractivity contribution in [3.63, 3.8) is 0 Å². The van der Waals surface area contributed by atoms with Crippen molar-refractivity contribution < 1.29 is 14.3 Å². The summed E-state index contributed by atoms with van der Waals surface area (Å²) in [6, 6.07) is 0.0565. The van der Waals surface area contributed by atoms with Crippen LogP contribution >= 0.6 is 0 Å².